The van der Waals surface area contributed by atoms with Gasteiger partial charge in [0.2, 0.25) is 0 Å². The number of rotatable bonds is 3. The number of hydrogen-bond donors (Lipinski definition) is 1. The Labute approximate surface area is 102 Å². The molecule has 3 rings (SSSR count). The molecule has 17 heavy (non-hydrogen) atoms. The summed E-state index contributed by atoms with van der Waals surface area (Å²) in [7, 11) is 0. The monoisotopic (exact) mass is 229 g/mol. The Hall–Kier alpha value is -1.15. The molecule has 1 aliphatic carbocycles. The molecule has 1 N–H and O–H groups in total. The van der Waals surface area contributed by atoms with Gasteiger partial charge in [-0.15, -0.1) is 0 Å². The maximum Gasteiger partial charge on any atom is 0.181 e. The first-order valence-corrected chi connectivity index (χ1v) is 6.71. The molecule has 1 saturated carbocycles. The summed E-state index contributed by atoms with van der Waals surface area (Å²) >= 11 is 0. The third kappa shape index (κ3) is 2.27. The summed E-state index contributed by atoms with van der Waals surface area (Å²) < 4.78 is 0. The van der Waals surface area contributed by atoms with Crippen LogP contribution in [-0.4, -0.2) is 17.9 Å². The second-order valence-corrected chi connectivity index (χ2v) is 5.30. The highest BCUT2D eigenvalue weighted by atomic mass is 16.1. The van der Waals surface area contributed by atoms with Crippen LogP contribution in [0.4, 0.5) is 0 Å². The van der Waals surface area contributed by atoms with Gasteiger partial charge in [-0.25, -0.2) is 0 Å². The maximum atomic E-state index is 12.2. The van der Waals surface area contributed by atoms with Gasteiger partial charge in [0.15, 0.2) is 5.78 Å². The summed E-state index contributed by atoms with van der Waals surface area (Å²) in [4.78, 5) is 12.2. The summed E-state index contributed by atoms with van der Waals surface area (Å²) in [5.41, 5.74) is 0.850. The minimum atomic E-state index is 0.0977. The molecular formula is C15H19NO. The van der Waals surface area contributed by atoms with E-state index >= 15 is 0 Å². The van der Waals surface area contributed by atoms with E-state index in [1.54, 1.807) is 0 Å². The van der Waals surface area contributed by atoms with Crippen molar-refractivity contribution in [3.63, 3.8) is 0 Å². The van der Waals surface area contributed by atoms with Crippen molar-refractivity contribution in [1.82, 2.24) is 5.32 Å². The summed E-state index contributed by atoms with van der Waals surface area (Å²) in [6.07, 6.45) is 6.66. The number of carbonyl (C=O) groups excluding carboxylic acids is 1. The predicted molar refractivity (Wildman–Crippen MR) is 68.1 cm³/mol. The fraction of sp³-hybridized carbons (Fsp3) is 0.533. The van der Waals surface area contributed by atoms with Gasteiger partial charge in [0, 0.05) is 11.6 Å². The Balaban J connectivity index is 1.62. The van der Waals surface area contributed by atoms with Crippen LogP contribution >= 0.6 is 0 Å². The minimum Gasteiger partial charge on any atom is -0.301 e. The molecule has 2 fully saturated rings. The van der Waals surface area contributed by atoms with E-state index in [4.69, 9.17) is 0 Å². The standard InChI is InChI=1S/C15H19NO/c17-15(12-9-5-2-6-10-12)14-13(16-14)11-7-3-1-4-8-11/h2,5-6,9-11,13-14,16H,1,3-4,7-8H2/t13-,14+/m1/s1. The normalized spacial score (nSPS) is 28.9. The Morgan fingerprint density at radius 1 is 1.06 bits per heavy atom. The van der Waals surface area contributed by atoms with Crippen molar-refractivity contribution < 1.29 is 4.79 Å². The fourth-order valence-electron chi connectivity index (χ4n) is 3.07. The summed E-state index contributed by atoms with van der Waals surface area (Å²) in [5, 5.41) is 3.39. The van der Waals surface area contributed by atoms with Gasteiger partial charge in [0.1, 0.15) is 0 Å². The average Bonchev–Trinajstić information content (AvgIpc) is 3.20. The van der Waals surface area contributed by atoms with E-state index in [2.05, 4.69) is 5.32 Å². The first-order valence-electron chi connectivity index (χ1n) is 6.71. The maximum absolute atomic E-state index is 12.2. The highest BCUT2D eigenvalue weighted by Crippen LogP contribution is 2.34. The SMILES string of the molecule is O=C(c1ccccc1)[C@H]1N[C@@H]1C1CCCCC1. The molecule has 0 aromatic heterocycles. The highest BCUT2D eigenvalue weighted by molar-refractivity contribution is 6.02. The second-order valence-electron chi connectivity index (χ2n) is 5.30. The van der Waals surface area contributed by atoms with Gasteiger partial charge in [-0.3, -0.25) is 4.79 Å². The smallest absolute Gasteiger partial charge is 0.181 e. The van der Waals surface area contributed by atoms with Gasteiger partial charge >= 0.3 is 0 Å². The molecule has 2 nitrogen and oxygen atoms in total. The molecule has 2 heteroatoms. The molecule has 0 bridgehead atoms. The minimum absolute atomic E-state index is 0.0977. The Morgan fingerprint density at radius 3 is 2.47 bits per heavy atom. The second kappa shape index (κ2) is 4.61. The third-order valence-corrected chi connectivity index (χ3v) is 4.12. The van der Waals surface area contributed by atoms with E-state index in [-0.39, 0.29) is 11.8 Å². The van der Waals surface area contributed by atoms with Crippen molar-refractivity contribution in [2.24, 2.45) is 5.92 Å². The largest absolute Gasteiger partial charge is 0.301 e. The van der Waals surface area contributed by atoms with Crippen LogP contribution in [0.1, 0.15) is 42.5 Å². The molecule has 1 aliphatic heterocycles. The van der Waals surface area contributed by atoms with Crippen LogP contribution in [0.3, 0.4) is 0 Å². The van der Waals surface area contributed by atoms with E-state index in [9.17, 15) is 4.79 Å². The lowest BCUT2D eigenvalue weighted by Crippen LogP contribution is -2.18. The van der Waals surface area contributed by atoms with Crippen molar-refractivity contribution in [2.45, 2.75) is 44.2 Å². The van der Waals surface area contributed by atoms with Crippen LogP contribution in [-0.2, 0) is 0 Å². The molecule has 1 aromatic carbocycles. The number of nitrogens with one attached hydrogen (secondary N) is 1. The van der Waals surface area contributed by atoms with Crippen LogP contribution in [0.5, 0.6) is 0 Å². The molecule has 2 aliphatic rings. The van der Waals surface area contributed by atoms with Crippen LogP contribution in [0, 0.1) is 5.92 Å². The lowest BCUT2D eigenvalue weighted by atomic mass is 9.85. The summed E-state index contributed by atoms with van der Waals surface area (Å²) in [5.74, 6) is 1.02. The van der Waals surface area contributed by atoms with E-state index in [1.165, 1.54) is 32.1 Å². The zero-order valence-electron chi connectivity index (χ0n) is 10.1. The van der Waals surface area contributed by atoms with Crippen molar-refractivity contribution in [2.75, 3.05) is 0 Å². The molecule has 0 unspecified atom stereocenters. The van der Waals surface area contributed by atoms with Gasteiger partial charge in [-0.2, -0.15) is 0 Å². The number of carbonyl (C=O) groups is 1. The number of ketones is 1. The van der Waals surface area contributed by atoms with E-state index in [1.807, 2.05) is 30.3 Å². The molecule has 90 valence electrons. The summed E-state index contributed by atoms with van der Waals surface area (Å²) in [6.45, 7) is 0. The Morgan fingerprint density at radius 2 is 1.76 bits per heavy atom. The lowest BCUT2D eigenvalue weighted by Gasteiger charge is -2.20. The molecular weight excluding hydrogens is 210 g/mol. The van der Waals surface area contributed by atoms with Crippen molar-refractivity contribution in [3.05, 3.63) is 35.9 Å². The van der Waals surface area contributed by atoms with Crippen molar-refractivity contribution in [3.8, 4) is 0 Å². The summed E-state index contributed by atoms with van der Waals surface area (Å²) in [6, 6.07) is 10.2. The number of Topliss-reactive ketones (excluding diaryl/α,β-unsaturated/α-hetero) is 1. The number of benzene rings is 1. The van der Waals surface area contributed by atoms with Gasteiger partial charge in [-0.05, 0) is 18.8 Å². The quantitative estimate of drug-likeness (QED) is 0.639. The van der Waals surface area contributed by atoms with E-state index in [0.29, 0.717) is 6.04 Å². The van der Waals surface area contributed by atoms with E-state index in [0.717, 1.165) is 11.5 Å². The zero-order valence-corrected chi connectivity index (χ0v) is 10.1. The average molecular weight is 229 g/mol. The topological polar surface area (TPSA) is 39.0 Å². The fourth-order valence-corrected chi connectivity index (χ4v) is 3.07. The Bertz CT molecular complexity index is 395. The third-order valence-electron chi connectivity index (χ3n) is 4.12. The number of hydrogen-bond acceptors (Lipinski definition) is 2. The van der Waals surface area contributed by atoms with Crippen LogP contribution in [0.15, 0.2) is 30.3 Å². The Kier molecular flexibility index (Phi) is 2.98. The molecule has 1 saturated heterocycles. The van der Waals surface area contributed by atoms with Gasteiger partial charge in [0.25, 0.3) is 0 Å². The molecule has 2 atom stereocenters. The highest BCUT2D eigenvalue weighted by Gasteiger charge is 2.46. The van der Waals surface area contributed by atoms with Crippen molar-refractivity contribution >= 4 is 5.78 Å². The lowest BCUT2D eigenvalue weighted by molar-refractivity contribution is 0.0985. The van der Waals surface area contributed by atoms with Gasteiger partial charge in [0.05, 0.1) is 6.04 Å². The van der Waals surface area contributed by atoms with Crippen LogP contribution in [0.25, 0.3) is 0 Å². The van der Waals surface area contributed by atoms with Gasteiger partial charge in [-0.1, -0.05) is 49.6 Å². The molecule has 1 heterocycles. The zero-order chi connectivity index (χ0) is 11.7. The first-order chi connectivity index (χ1) is 8.36. The molecule has 0 amide bonds. The van der Waals surface area contributed by atoms with Crippen LogP contribution in [0.2, 0.25) is 0 Å². The van der Waals surface area contributed by atoms with Crippen LogP contribution < -0.4 is 5.32 Å². The molecule has 1 aromatic rings. The molecule has 0 radical (unpaired) electrons. The predicted octanol–water partition coefficient (Wildman–Crippen LogP) is 2.79. The van der Waals surface area contributed by atoms with Gasteiger partial charge < -0.3 is 5.32 Å². The molecule has 0 spiro atoms. The van der Waals surface area contributed by atoms with Crippen molar-refractivity contribution in [1.29, 1.82) is 0 Å². The first kappa shape index (κ1) is 11.0. The van der Waals surface area contributed by atoms with E-state index < -0.39 is 0 Å².